The Labute approximate surface area is 199 Å². The number of aromatic nitrogens is 1. The molecule has 2 heterocycles. The van der Waals surface area contributed by atoms with Crippen LogP contribution in [0.15, 0.2) is 79.0 Å². The second-order valence-corrected chi connectivity index (χ2v) is 9.95. The van der Waals surface area contributed by atoms with Crippen LogP contribution in [0.5, 0.6) is 5.75 Å². The molecule has 8 nitrogen and oxygen atoms in total. The van der Waals surface area contributed by atoms with Crippen molar-refractivity contribution < 1.29 is 17.9 Å². The molecular weight excluding hydrogens is 452 g/mol. The van der Waals surface area contributed by atoms with Gasteiger partial charge in [0.25, 0.3) is 15.9 Å². The number of carbonyl (C=O) groups excluding carboxylic acids is 1. The predicted octanol–water partition coefficient (Wildman–Crippen LogP) is 2.91. The van der Waals surface area contributed by atoms with E-state index in [0.717, 1.165) is 5.56 Å². The summed E-state index contributed by atoms with van der Waals surface area (Å²) in [6.45, 7) is 1.24. The number of methoxy groups -OCH3 is 1. The van der Waals surface area contributed by atoms with Crippen LogP contribution in [0.3, 0.4) is 0 Å². The van der Waals surface area contributed by atoms with Gasteiger partial charge in [-0.15, -0.1) is 0 Å². The summed E-state index contributed by atoms with van der Waals surface area (Å²) < 4.78 is 35.7. The lowest BCUT2D eigenvalue weighted by molar-refractivity contribution is 0.0922. The van der Waals surface area contributed by atoms with E-state index in [-0.39, 0.29) is 11.4 Å². The molecule has 34 heavy (non-hydrogen) atoms. The Morgan fingerprint density at radius 2 is 1.68 bits per heavy atom. The van der Waals surface area contributed by atoms with Gasteiger partial charge in [0.15, 0.2) is 5.37 Å². The van der Waals surface area contributed by atoms with Crippen LogP contribution in [0.2, 0.25) is 0 Å². The number of carbonyl (C=O) groups is 1. The molecule has 3 aromatic rings. The van der Waals surface area contributed by atoms with Crippen molar-refractivity contribution in [2.45, 2.75) is 23.6 Å². The zero-order chi connectivity index (χ0) is 24.0. The third kappa shape index (κ3) is 4.90. The van der Waals surface area contributed by atoms with Crippen molar-refractivity contribution in [3.63, 3.8) is 0 Å². The topological polar surface area (TPSA) is 109 Å². The summed E-state index contributed by atoms with van der Waals surface area (Å²) in [5, 5.41) is 4.90. The van der Waals surface area contributed by atoms with Gasteiger partial charge in [-0.3, -0.25) is 9.52 Å². The molecule has 0 spiro atoms. The van der Waals surface area contributed by atoms with E-state index < -0.39 is 26.7 Å². The molecular formula is C25H28N4O4S. The Kier molecular flexibility index (Phi) is 7.14. The van der Waals surface area contributed by atoms with Crippen LogP contribution in [-0.4, -0.2) is 44.9 Å². The first kappa shape index (κ1) is 23.7. The second kappa shape index (κ2) is 10.2. The van der Waals surface area contributed by atoms with E-state index in [1.807, 2.05) is 30.3 Å². The molecule has 1 saturated heterocycles. The Bertz CT molecular complexity index is 1210. The van der Waals surface area contributed by atoms with Crippen molar-refractivity contribution in [3.05, 3.63) is 90.1 Å². The maximum absolute atomic E-state index is 13.9. The Hall–Kier alpha value is -3.43. The highest BCUT2D eigenvalue weighted by Gasteiger charge is 2.49. The molecule has 3 N–H and O–H groups in total. The molecule has 1 aliphatic rings. The summed E-state index contributed by atoms with van der Waals surface area (Å²) in [5.74, 6) is 0.0341. The van der Waals surface area contributed by atoms with Gasteiger partial charge in [0.1, 0.15) is 11.6 Å². The van der Waals surface area contributed by atoms with Crippen molar-refractivity contribution in [2.75, 3.05) is 24.9 Å². The van der Waals surface area contributed by atoms with Gasteiger partial charge < -0.3 is 15.4 Å². The zero-order valence-corrected chi connectivity index (χ0v) is 19.7. The van der Waals surface area contributed by atoms with E-state index in [9.17, 15) is 13.2 Å². The lowest BCUT2D eigenvalue weighted by Gasteiger charge is -2.43. The number of pyridine rings is 1. The number of benzene rings is 2. The fraction of sp³-hybridized carbons (Fsp3) is 0.280. The third-order valence-electron chi connectivity index (χ3n) is 6.18. The summed E-state index contributed by atoms with van der Waals surface area (Å²) in [7, 11) is -2.64. The fourth-order valence-electron chi connectivity index (χ4n) is 4.51. The summed E-state index contributed by atoms with van der Waals surface area (Å²) in [6, 6.07) is 21.2. The Morgan fingerprint density at radius 3 is 2.35 bits per heavy atom. The van der Waals surface area contributed by atoms with Crippen molar-refractivity contribution in [1.29, 1.82) is 0 Å². The fourth-order valence-corrected chi connectivity index (χ4v) is 6.27. The average molecular weight is 481 g/mol. The summed E-state index contributed by atoms with van der Waals surface area (Å²) in [6.07, 6.45) is 2.56. The Morgan fingerprint density at radius 1 is 1.00 bits per heavy atom. The number of nitrogens with one attached hydrogen (secondary N) is 3. The lowest BCUT2D eigenvalue weighted by atomic mass is 9.72. The summed E-state index contributed by atoms with van der Waals surface area (Å²) in [4.78, 5) is 17.6. The number of sulfonamides is 1. The third-order valence-corrected chi connectivity index (χ3v) is 7.87. The smallest absolute Gasteiger partial charge is 0.256 e. The van der Waals surface area contributed by atoms with Gasteiger partial charge in [-0.2, -0.15) is 0 Å². The maximum Gasteiger partial charge on any atom is 0.256 e. The molecule has 178 valence electrons. The van der Waals surface area contributed by atoms with Gasteiger partial charge in [-0.1, -0.05) is 48.5 Å². The summed E-state index contributed by atoms with van der Waals surface area (Å²) in [5.41, 5.74) is 0.263. The Balaban J connectivity index is 1.81. The predicted molar refractivity (Wildman–Crippen MR) is 131 cm³/mol. The van der Waals surface area contributed by atoms with Gasteiger partial charge in [-0.05, 0) is 55.8 Å². The van der Waals surface area contributed by atoms with Crippen LogP contribution < -0.4 is 20.1 Å². The van der Waals surface area contributed by atoms with Gasteiger partial charge in [0.05, 0.1) is 12.7 Å². The van der Waals surface area contributed by atoms with Crippen molar-refractivity contribution in [1.82, 2.24) is 15.6 Å². The largest absolute Gasteiger partial charge is 0.496 e. The number of para-hydroxylation sites is 1. The molecule has 1 unspecified atom stereocenters. The minimum absolute atomic E-state index is 0.191. The van der Waals surface area contributed by atoms with E-state index in [1.165, 1.54) is 13.3 Å². The van der Waals surface area contributed by atoms with Crippen LogP contribution in [0.4, 0.5) is 5.82 Å². The van der Waals surface area contributed by atoms with E-state index in [0.29, 0.717) is 31.7 Å². The number of amides is 1. The van der Waals surface area contributed by atoms with Crippen LogP contribution in [0.25, 0.3) is 0 Å². The van der Waals surface area contributed by atoms with E-state index in [4.69, 9.17) is 4.74 Å². The summed E-state index contributed by atoms with van der Waals surface area (Å²) >= 11 is 0. The van der Waals surface area contributed by atoms with E-state index in [1.54, 1.807) is 42.5 Å². The molecule has 1 aromatic heterocycles. The van der Waals surface area contributed by atoms with Gasteiger partial charge in [-0.25, -0.2) is 13.4 Å². The molecule has 0 aliphatic carbocycles. The number of rotatable bonds is 8. The lowest BCUT2D eigenvalue weighted by Crippen LogP contribution is -2.59. The van der Waals surface area contributed by atoms with Crippen LogP contribution in [0, 0.1) is 0 Å². The second-order valence-electron chi connectivity index (χ2n) is 8.19. The van der Waals surface area contributed by atoms with Crippen molar-refractivity contribution in [3.8, 4) is 5.75 Å². The normalized spacial score (nSPS) is 16.3. The first-order valence-corrected chi connectivity index (χ1v) is 12.6. The highest BCUT2D eigenvalue weighted by atomic mass is 32.2. The molecule has 1 atom stereocenters. The molecule has 1 fully saturated rings. The van der Waals surface area contributed by atoms with Gasteiger partial charge >= 0.3 is 0 Å². The standard InChI is InChI=1S/C25H28N4O4S/c1-33-21-12-6-5-11-20(21)23(30)28-24(34(31,32)29-22-13-7-8-16-27-22)25(14-17-26-18-15-25)19-9-3-2-4-10-19/h2-13,16,24,26H,14-15,17-18H2,1H3,(H,27,29)(H,28,30). The first-order valence-electron chi connectivity index (χ1n) is 11.1. The number of ether oxygens (including phenoxy) is 1. The molecule has 2 aromatic carbocycles. The molecule has 0 radical (unpaired) electrons. The number of hydrogen-bond acceptors (Lipinski definition) is 6. The molecule has 0 saturated carbocycles. The van der Waals surface area contributed by atoms with E-state index in [2.05, 4.69) is 20.3 Å². The molecule has 1 aliphatic heterocycles. The van der Waals surface area contributed by atoms with Gasteiger partial charge in [0.2, 0.25) is 0 Å². The molecule has 0 bridgehead atoms. The van der Waals surface area contributed by atoms with Crippen molar-refractivity contribution >= 4 is 21.7 Å². The number of anilines is 1. The maximum atomic E-state index is 13.9. The number of piperidine rings is 1. The number of nitrogens with zero attached hydrogens (tertiary/aromatic N) is 1. The first-order chi connectivity index (χ1) is 16.5. The quantitative estimate of drug-likeness (QED) is 0.457. The highest BCUT2D eigenvalue weighted by molar-refractivity contribution is 7.93. The molecule has 1 amide bonds. The van der Waals surface area contributed by atoms with Crippen LogP contribution in [-0.2, 0) is 15.4 Å². The molecule has 4 rings (SSSR count). The van der Waals surface area contributed by atoms with Gasteiger partial charge in [0, 0.05) is 11.6 Å². The molecule has 9 heteroatoms. The minimum atomic E-state index is -4.12. The SMILES string of the molecule is COc1ccccc1C(=O)NC(C1(c2ccccc2)CCNCC1)S(=O)(=O)Nc1ccccn1. The van der Waals surface area contributed by atoms with Crippen molar-refractivity contribution in [2.24, 2.45) is 0 Å². The monoisotopic (exact) mass is 480 g/mol. The highest BCUT2D eigenvalue weighted by Crippen LogP contribution is 2.39. The van der Waals surface area contributed by atoms with E-state index >= 15 is 0 Å². The van der Waals surface area contributed by atoms with Crippen LogP contribution in [0.1, 0.15) is 28.8 Å². The minimum Gasteiger partial charge on any atom is -0.496 e. The number of hydrogen-bond donors (Lipinski definition) is 3. The zero-order valence-electron chi connectivity index (χ0n) is 18.9. The average Bonchev–Trinajstić information content (AvgIpc) is 2.88. The van der Waals surface area contributed by atoms with Crippen LogP contribution >= 0.6 is 0 Å².